The smallest absolute Gasteiger partial charge is 0.145 e. The van der Waals surface area contributed by atoms with E-state index in [4.69, 9.17) is 25.9 Å². The highest BCUT2D eigenvalue weighted by atomic mass is 35.5. The first-order valence-electron chi connectivity index (χ1n) is 12.4. The van der Waals surface area contributed by atoms with Crippen LogP contribution >= 0.6 is 11.6 Å². The number of ether oxygens (including phenoxy) is 2. The van der Waals surface area contributed by atoms with Crippen molar-refractivity contribution in [1.29, 1.82) is 0 Å². The fourth-order valence-electron chi connectivity index (χ4n) is 5.45. The Morgan fingerprint density at radius 1 is 1.22 bits per heavy atom. The molecule has 13 heteroatoms. The summed E-state index contributed by atoms with van der Waals surface area (Å²) in [6.07, 6.45) is 1.04. The summed E-state index contributed by atoms with van der Waals surface area (Å²) in [7, 11) is 1.49. The van der Waals surface area contributed by atoms with E-state index >= 15 is 0 Å². The Labute approximate surface area is 217 Å². The van der Waals surface area contributed by atoms with Gasteiger partial charge >= 0.3 is 0 Å². The molecule has 0 amide bonds. The zero-order chi connectivity index (χ0) is 26.1. The lowest BCUT2D eigenvalue weighted by atomic mass is 9.87. The van der Waals surface area contributed by atoms with Gasteiger partial charge in [0.25, 0.3) is 0 Å². The highest BCUT2D eigenvalue weighted by Gasteiger charge is 2.48. The monoisotopic (exact) mass is 541 g/mol. The van der Waals surface area contributed by atoms with Gasteiger partial charge in [-0.2, -0.15) is 0 Å². The van der Waals surface area contributed by atoms with Gasteiger partial charge < -0.3 is 29.8 Å². The fourth-order valence-corrected chi connectivity index (χ4v) is 5.55. The number of hydrogen-bond acceptors (Lipinski definition) is 9. The minimum atomic E-state index is -1.19. The van der Waals surface area contributed by atoms with Gasteiger partial charge in [-0.3, -0.25) is 0 Å². The number of methoxy groups -OCH3 is 1. The average molecular weight is 542 g/mol. The van der Waals surface area contributed by atoms with E-state index < -0.39 is 53.7 Å². The van der Waals surface area contributed by atoms with Crippen molar-refractivity contribution in [2.24, 2.45) is 11.1 Å². The zero-order valence-corrected chi connectivity index (χ0v) is 21.0. The van der Waals surface area contributed by atoms with Crippen LogP contribution in [0.15, 0.2) is 23.5 Å². The van der Waals surface area contributed by atoms with Crippen LogP contribution in [0.2, 0.25) is 5.02 Å². The van der Waals surface area contributed by atoms with Gasteiger partial charge in [-0.25, -0.2) is 13.5 Å². The molecule has 2 fully saturated rings. The van der Waals surface area contributed by atoms with Crippen LogP contribution in [-0.2, 0) is 14.3 Å². The van der Waals surface area contributed by atoms with E-state index in [-0.39, 0.29) is 17.4 Å². The summed E-state index contributed by atoms with van der Waals surface area (Å²) in [6.45, 7) is 1.49. The highest BCUT2D eigenvalue weighted by molar-refractivity contribution is 6.31. The number of nitrogens with zero attached hydrogens (tertiary/aromatic N) is 4. The third kappa shape index (κ3) is 5.36. The van der Waals surface area contributed by atoms with E-state index in [0.717, 1.165) is 43.8 Å². The third-order valence-corrected chi connectivity index (χ3v) is 7.75. The second-order valence-corrected chi connectivity index (χ2v) is 10.1. The molecule has 0 radical (unpaired) electrons. The maximum atomic E-state index is 14.0. The first-order chi connectivity index (χ1) is 17.9. The van der Waals surface area contributed by atoms with Crippen molar-refractivity contribution in [2.45, 2.75) is 62.2 Å². The summed E-state index contributed by atoms with van der Waals surface area (Å²) in [5.41, 5.74) is 1.37. The minimum Gasteiger partial charge on any atom is -0.394 e. The maximum absolute atomic E-state index is 14.0. The van der Waals surface area contributed by atoms with Crippen molar-refractivity contribution in [3.8, 4) is 11.3 Å². The lowest BCUT2D eigenvalue weighted by Gasteiger charge is -2.44. The molecule has 3 aliphatic rings. The largest absolute Gasteiger partial charge is 0.394 e. The maximum Gasteiger partial charge on any atom is 0.145 e. The molecule has 4 heterocycles. The molecular formula is C24H30ClF2N5O5. The Morgan fingerprint density at radius 2 is 1.95 bits per heavy atom. The molecule has 5 rings (SSSR count). The second-order valence-electron chi connectivity index (χ2n) is 9.69. The van der Waals surface area contributed by atoms with Gasteiger partial charge in [0, 0.05) is 31.4 Å². The Morgan fingerprint density at radius 3 is 2.62 bits per heavy atom. The summed E-state index contributed by atoms with van der Waals surface area (Å²) in [5, 5.41) is 36.2. The predicted molar refractivity (Wildman–Crippen MR) is 129 cm³/mol. The van der Waals surface area contributed by atoms with Crippen molar-refractivity contribution < 1.29 is 33.3 Å². The molecule has 1 aromatic heterocycles. The van der Waals surface area contributed by atoms with Gasteiger partial charge in [0.15, 0.2) is 0 Å². The quantitative estimate of drug-likeness (QED) is 0.455. The zero-order valence-electron chi connectivity index (χ0n) is 20.3. The molecule has 2 aromatic rings. The Hall–Kier alpha value is -2.22. The van der Waals surface area contributed by atoms with Crippen molar-refractivity contribution in [2.75, 3.05) is 26.8 Å². The Bertz CT molecular complexity index is 1110. The standard InChI is InChI=1S/C24H30ClF2N5O5/c1-35-24-19(9-14-8-17(30-37-14)12-2-4-28-5-3-12)36-20(11-33)23(34)22(24)32-10-18(29-31-32)13-6-15(26)21(25)16(27)7-13/h6-7,10,12,14,19-20,22-24,28,33-34H,2-5,8-9,11H2,1H3/t14-,19-,20-,22+,23+,24+/m1/s1. The van der Waals surface area contributed by atoms with Crippen LogP contribution in [0, 0.1) is 17.6 Å². The number of aliphatic hydroxyl groups excluding tert-OH is 2. The molecule has 0 unspecified atom stereocenters. The molecule has 3 N–H and O–H groups in total. The number of aliphatic hydroxyl groups is 2. The van der Waals surface area contributed by atoms with E-state index in [1.807, 2.05) is 0 Å². The summed E-state index contributed by atoms with van der Waals surface area (Å²) < 4.78 is 41.2. The number of oxime groups is 1. The van der Waals surface area contributed by atoms with Gasteiger partial charge in [-0.05, 0) is 38.1 Å². The summed E-state index contributed by atoms with van der Waals surface area (Å²) in [6, 6.07) is 1.32. The van der Waals surface area contributed by atoms with Crippen LogP contribution in [0.5, 0.6) is 0 Å². The van der Waals surface area contributed by atoms with Crippen LogP contribution in [0.1, 0.15) is 31.7 Å². The number of hydrogen-bond donors (Lipinski definition) is 3. The SMILES string of the molecule is CO[C@@H]1[C@@H](n2cc(-c3cc(F)c(Cl)c(F)c3)nn2)[C@@H](O)[C@@H](CO)O[C@@H]1C[C@H]1CC(C2CCNCC2)=NO1. The fraction of sp³-hybridized carbons (Fsp3) is 0.625. The second kappa shape index (κ2) is 11.3. The lowest BCUT2D eigenvalue weighted by molar-refractivity contribution is -0.219. The van der Waals surface area contributed by atoms with Crippen LogP contribution < -0.4 is 5.32 Å². The molecule has 10 nitrogen and oxygen atoms in total. The normalized spacial score (nSPS) is 30.8. The molecule has 0 spiro atoms. The van der Waals surface area contributed by atoms with Crippen molar-refractivity contribution in [3.05, 3.63) is 35.0 Å². The molecule has 0 saturated carbocycles. The lowest BCUT2D eigenvalue weighted by Crippen LogP contribution is -2.57. The minimum absolute atomic E-state index is 0.137. The third-order valence-electron chi connectivity index (χ3n) is 7.39. The molecule has 6 atom stereocenters. The molecule has 0 aliphatic carbocycles. The molecular weight excluding hydrogens is 512 g/mol. The number of rotatable bonds is 7. The van der Waals surface area contributed by atoms with Crippen molar-refractivity contribution >= 4 is 17.3 Å². The van der Waals surface area contributed by atoms with Crippen molar-refractivity contribution in [3.63, 3.8) is 0 Å². The molecule has 2 saturated heterocycles. The van der Waals surface area contributed by atoms with E-state index in [2.05, 4.69) is 20.8 Å². The van der Waals surface area contributed by atoms with Gasteiger partial charge in [-0.1, -0.05) is 22.0 Å². The molecule has 37 heavy (non-hydrogen) atoms. The average Bonchev–Trinajstić information content (AvgIpc) is 3.58. The molecule has 1 aromatic carbocycles. The van der Waals surface area contributed by atoms with E-state index in [1.54, 1.807) is 0 Å². The molecule has 0 bridgehead atoms. The van der Waals surface area contributed by atoms with Crippen LogP contribution in [0.3, 0.4) is 0 Å². The summed E-state index contributed by atoms with van der Waals surface area (Å²) in [5.74, 6) is -1.45. The Balaban J connectivity index is 1.34. The Kier molecular flexibility index (Phi) is 8.03. The molecule has 202 valence electrons. The number of halogens is 3. The van der Waals surface area contributed by atoms with Crippen LogP contribution in [0.4, 0.5) is 8.78 Å². The van der Waals surface area contributed by atoms with Crippen LogP contribution in [0.25, 0.3) is 11.3 Å². The van der Waals surface area contributed by atoms with Crippen molar-refractivity contribution in [1.82, 2.24) is 20.3 Å². The summed E-state index contributed by atoms with van der Waals surface area (Å²) >= 11 is 5.59. The first kappa shape index (κ1) is 26.4. The number of aromatic nitrogens is 3. The number of nitrogens with one attached hydrogen (secondary N) is 1. The first-order valence-corrected chi connectivity index (χ1v) is 12.7. The van der Waals surface area contributed by atoms with Crippen LogP contribution in [-0.4, -0.2) is 88.2 Å². The molecule has 3 aliphatic heterocycles. The van der Waals surface area contributed by atoms with Gasteiger partial charge in [0.05, 0.1) is 24.6 Å². The number of piperidine rings is 1. The van der Waals surface area contributed by atoms with Gasteiger partial charge in [-0.15, -0.1) is 5.10 Å². The predicted octanol–water partition coefficient (Wildman–Crippen LogP) is 2.09. The highest BCUT2D eigenvalue weighted by Crippen LogP contribution is 2.36. The van der Waals surface area contributed by atoms with Gasteiger partial charge in [0.2, 0.25) is 0 Å². The number of benzene rings is 1. The summed E-state index contributed by atoms with van der Waals surface area (Å²) in [4.78, 5) is 5.74. The van der Waals surface area contributed by atoms with E-state index in [1.165, 1.54) is 18.0 Å². The topological polar surface area (TPSA) is 123 Å². The van der Waals surface area contributed by atoms with Gasteiger partial charge in [0.1, 0.15) is 52.8 Å². The van der Waals surface area contributed by atoms with E-state index in [0.29, 0.717) is 18.8 Å². The van der Waals surface area contributed by atoms with E-state index in [9.17, 15) is 19.0 Å².